The van der Waals surface area contributed by atoms with E-state index in [0.717, 1.165) is 12.1 Å². The van der Waals surface area contributed by atoms with E-state index in [-0.39, 0.29) is 30.7 Å². The van der Waals surface area contributed by atoms with Gasteiger partial charge in [0.15, 0.2) is 0 Å². The summed E-state index contributed by atoms with van der Waals surface area (Å²) in [5.41, 5.74) is 8.30. The highest BCUT2D eigenvalue weighted by molar-refractivity contribution is 6.32. The Balaban J connectivity index is 0.00000312. The van der Waals surface area contributed by atoms with Gasteiger partial charge < -0.3 is 20.7 Å². The topological polar surface area (TPSA) is 67.6 Å². The Kier molecular flexibility index (Phi) is 10.4. The van der Waals surface area contributed by atoms with Gasteiger partial charge in [0.1, 0.15) is 12.4 Å². The molecular formula is C18H24Cl3N3O2. The van der Waals surface area contributed by atoms with Crippen molar-refractivity contribution in [2.75, 3.05) is 38.3 Å². The highest BCUT2D eigenvalue weighted by Crippen LogP contribution is 2.28. The van der Waals surface area contributed by atoms with Gasteiger partial charge in [0.25, 0.3) is 5.91 Å². The molecule has 1 amide bonds. The molecule has 0 fully saturated rings. The van der Waals surface area contributed by atoms with Crippen molar-refractivity contribution < 1.29 is 9.53 Å². The number of hydrogen-bond acceptors (Lipinski definition) is 4. The van der Waals surface area contributed by atoms with Gasteiger partial charge in [-0.3, -0.25) is 4.79 Å². The number of rotatable bonds is 6. The number of likely N-dealkylation sites (N-methyl/N-ethyl adjacent to an activating group) is 1. The summed E-state index contributed by atoms with van der Waals surface area (Å²) >= 11 is 6.22. The van der Waals surface area contributed by atoms with Crippen LogP contribution in [0.2, 0.25) is 5.02 Å². The first-order valence-corrected chi connectivity index (χ1v) is 7.99. The van der Waals surface area contributed by atoms with Crippen LogP contribution in [-0.4, -0.2) is 38.1 Å². The zero-order valence-corrected chi connectivity index (χ0v) is 17.3. The number of nitrogen functional groups attached to an aromatic ring is 1. The second-order valence-corrected chi connectivity index (χ2v) is 6.23. The minimum Gasteiger partial charge on any atom is -0.491 e. The average Bonchev–Trinajstić information content (AvgIpc) is 2.51. The van der Waals surface area contributed by atoms with E-state index in [1.165, 1.54) is 0 Å². The number of nitrogens with zero attached hydrogens (tertiary/aromatic N) is 1. The van der Waals surface area contributed by atoms with Crippen molar-refractivity contribution in [2.24, 2.45) is 0 Å². The molecule has 0 bridgehead atoms. The number of amides is 1. The number of benzene rings is 2. The first-order chi connectivity index (χ1) is 11.4. The lowest BCUT2D eigenvalue weighted by atomic mass is 10.1. The van der Waals surface area contributed by atoms with E-state index in [4.69, 9.17) is 22.1 Å². The van der Waals surface area contributed by atoms with E-state index in [1.807, 2.05) is 32.0 Å². The van der Waals surface area contributed by atoms with Crippen LogP contribution in [0.25, 0.3) is 0 Å². The fourth-order valence-electron chi connectivity index (χ4n) is 2.12. The maximum Gasteiger partial charge on any atom is 0.256 e. The van der Waals surface area contributed by atoms with E-state index >= 15 is 0 Å². The number of aryl methyl sites for hydroxylation is 1. The number of carbonyl (C=O) groups is 1. The molecule has 2 rings (SSSR count). The monoisotopic (exact) mass is 419 g/mol. The van der Waals surface area contributed by atoms with E-state index in [2.05, 4.69) is 5.32 Å². The molecule has 0 aliphatic heterocycles. The molecule has 26 heavy (non-hydrogen) atoms. The van der Waals surface area contributed by atoms with Gasteiger partial charge >= 0.3 is 0 Å². The third-order valence-corrected chi connectivity index (χ3v) is 3.79. The minimum atomic E-state index is -0.225. The summed E-state index contributed by atoms with van der Waals surface area (Å²) in [6, 6.07) is 10.4. The summed E-state index contributed by atoms with van der Waals surface area (Å²) in [6.07, 6.45) is 0. The molecule has 8 heteroatoms. The Bertz CT molecular complexity index is 740. The number of hydrogen-bond donors (Lipinski definition) is 2. The molecule has 0 unspecified atom stereocenters. The van der Waals surface area contributed by atoms with Crippen LogP contribution >= 0.6 is 36.4 Å². The first-order valence-electron chi connectivity index (χ1n) is 7.61. The molecule has 5 nitrogen and oxygen atoms in total. The molecule has 144 valence electrons. The lowest BCUT2D eigenvalue weighted by molar-refractivity contribution is 0.102. The molecule has 0 saturated heterocycles. The van der Waals surface area contributed by atoms with Crippen LogP contribution in [0.5, 0.6) is 5.75 Å². The largest absolute Gasteiger partial charge is 0.491 e. The predicted molar refractivity (Wildman–Crippen MR) is 114 cm³/mol. The number of ether oxygens (including phenoxy) is 1. The molecule has 0 atom stereocenters. The molecular weight excluding hydrogens is 397 g/mol. The van der Waals surface area contributed by atoms with Crippen LogP contribution in [0.1, 0.15) is 15.9 Å². The number of nitrogens with two attached hydrogens (primary N) is 1. The van der Waals surface area contributed by atoms with E-state index in [9.17, 15) is 4.79 Å². The zero-order valence-electron chi connectivity index (χ0n) is 14.9. The Morgan fingerprint density at radius 2 is 1.88 bits per heavy atom. The Labute approximate surface area is 171 Å². The van der Waals surface area contributed by atoms with Gasteiger partial charge in [-0.1, -0.05) is 17.7 Å². The zero-order chi connectivity index (χ0) is 17.7. The van der Waals surface area contributed by atoms with Gasteiger partial charge in [-0.15, -0.1) is 24.8 Å². The molecule has 2 aromatic carbocycles. The summed E-state index contributed by atoms with van der Waals surface area (Å²) in [5, 5.41) is 3.28. The summed E-state index contributed by atoms with van der Waals surface area (Å²) in [5.74, 6) is 0.369. The van der Waals surface area contributed by atoms with Crippen molar-refractivity contribution in [3.8, 4) is 5.75 Å². The molecule has 0 aliphatic rings. The summed E-state index contributed by atoms with van der Waals surface area (Å²) in [6.45, 7) is 3.20. The first kappa shape index (κ1) is 24.3. The van der Waals surface area contributed by atoms with Crippen molar-refractivity contribution in [3.05, 3.63) is 52.5 Å². The van der Waals surface area contributed by atoms with Crippen LogP contribution in [0.3, 0.4) is 0 Å². The highest BCUT2D eigenvalue weighted by Gasteiger charge is 2.11. The molecule has 0 aromatic heterocycles. The molecule has 0 heterocycles. The predicted octanol–water partition coefficient (Wildman–Crippen LogP) is 4.27. The van der Waals surface area contributed by atoms with E-state index in [0.29, 0.717) is 34.3 Å². The number of anilines is 2. The van der Waals surface area contributed by atoms with Crippen molar-refractivity contribution in [1.82, 2.24) is 4.90 Å². The van der Waals surface area contributed by atoms with Crippen LogP contribution in [-0.2, 0) is 0 Å². The summed E-state index contributed by atoms with van der Waals surface area (Å²) in [7, 11) is 3.95. The maximum atomic E-state index is 12.4. The Morgan fingerprint density at radius 1 is 1.19 bits per heavy atom. The van der Waals surface area contributed by atoms with Gasteiger partial charge in [0.2, 0.25) is 0 Å². The molecule has 0 radical (unpaired) electrons. The molecule has 0 saturated carbocycles. The number of nitrogens with one attached hydrogen (secondary N) is 1. The quantitative estimate of drug-likeness (QED) is 0.685. The molecule has 2 aromatic rings. The third-order valence-electron chi connectivity index (χ3n) is 3.49. The SMILES string of the molecule is Cc1ccc(N)cc1C(=O)Nc1ccc(OCCN(C)C)c(Cl)c1.Cl.Cl. The van der Waals surface area contributed by atoms with Gasteiger partial charge in [-0.2, -0.15) is 0 Å². The Morgan fingerprint density at radius 3 is 2.50 bits per heavy atom. The second-order valence-electron chi connectivity index (χ2n) is 5.83. The standard InChI is InChI=1S/C18H22ClN3O2.2ClH/c1-12-4-5-13(20)10-15(12)18(23)21-14-6-7-17(16(19)11-14)24-9-8-22(2)3;;/h4-7,10-11H,8-9,20H2,1-3H3,(H,21,23);2*1H. The maximum absolute atomic E-state index is 12.4. The normalized spacial score (nSPS) is 9.88. The van der Waals surface area contributed by atoms with Crippen LogP contribution in [0.4, 0.5) is 11.4 Å². The lowest BCUT2D eigenvalue weighted by Crippen LogP contribution is -2.19. The molecule has 0 aliphatic carbocycles. The molecule has 0 spiro atoms. The van der Waals surface area contributed by atoms with Crippen LogP contribution in [0, 0.1) is 6.92 Å². The van der Waals surface area contributed by atoms with E-state index in [1.54, 1.807) is 30.3 Å². The fourth-order valence-corrected chi connectivity index (χ4v) is 2.35. The van der Waals surface area contributed by atoms with Gasteiger partial charge in [-0.25, -0.2) is 0 Å². The van der Waals surface area contributed by atoms with Crippen molar-refractivity contribution in [1.29, 1.82) is 0 Å². The van der Waals surface area contributed by atoms with E-state index < -0.39 is 0 Å². The number of halogens is 3. The summed E-state index contributed by atoms with van der Waals surface area (Å²) < 4.78 is 5.62. The highest BCUT2D eigenvalue weighted by atomic mass is 35.5. The van der Waals surface area contributed by atoms with Gasteiger partial charge in [-0.05, 0) is 56.9 Å². The van der Waals surface area contributed by atoms with Crippen molar-refractivity contribution >= 4 is 53.7 Å². The number of carbonyl (C=O) groups excluding carboxylic acids is 1. The fraction of sp³-hybridized carbons (Fsp3) is 0.278. The lowest BCUT2D eigenvalue weighted by Gasteiger charge is -2.13. The van der Waals surface area contributed by atoms with Crippen LogP contribution in [0.15, 0.2) is 36.4 Å². The summed E-state index contributed by atoms with van der Waals surface area (Å²) in [4.78, 5) is 14.4. The Hall–Kier alpha value is -1.66. The molecule has 3 N–H and O–H groups in total. The smallest absolute Gasteiger partial charge is 0.256 e. The van der Waals surface area contributed by atoms with Gasteiger partial charge in [0, 0.05) is 23.5 Å². The van der Waals surface area contributed by atoms with Crippen molar-refractivity contribution in [3.63, 3.8) is 0 Å². The van der Waals surface area contributed by atoms with Crippen molar-refractivity contribution in [2.45, 2.75) is 6.92 Å². The second kappa shape index (κ2) is 11.1. The third kappa shape index (κ3) is 6.92. The van der Waals surface area contributed by atoms with Gasteiger partial charge in [0.05, 0.1) is 5.02 Å². The average molecular weight is 421 g/mol. The minimum absolute atomic E-state index is 0. The van der Waals surface area contributed by atoms with Crippen LogP contribution < -0.4 is 15.8 Å².